The first-order valence-electron chi connectivity index (χ1n) is 6.41. The van der Waals surface area contributed by atoms with Crippen LogP contribution in [0.5, 0.6) is 0 Å². The molecule has 2 heterocycles. The summed E-state index contributed by atoms with van der Waals surface area (Å²) in [7, 11) is 0. The number of pyridine rings is 1. The summed E-state index contributed by atoms with van der Waals surface area (Å²) in [5.74, 6) is -1.02. The summed E-state index contributed by atoms with van der Waals surface area (Å²) in [6.07, 6.45) is 1.43. The van der Waals surface area contributed by atoms with Gasteiger partial charge in [-0.05, 0) is 46.3 Å². The lowest BCUT2D eigenvalue weighted by atomic mass is 10.0. The molecule has 0 aliphatic carbocycles. The van der Waals surface area contributed by atoms with Crippen LogP contribution in [-0.2, 0) is 4.79 Å². The molecule has 1 aliphatic heterocycles. The average Bonchev–Trinajstić information content (AvgIpc) is 2.85. The van der Waals surface area contributed by atoms with Crippen molar-refractivity contribution in [2.24, 2.45) is 0 Å². The zero-order valence-corrected chi connectivity index (χ0v) is 12.5. The molecule has 2 aromatic rings. The van der Waals surface area contributed by atoms with E-state index in [9.17, 15) is 13.6 Å². The van der Waals surface area contributed by atoms with Gasteiger partial charge in [0, 0.05) is 30.3 Å². The minimum atomic E-state index is -0.413. The predicted octanol–water partition coefficient (Wildman–Crippen LogP) is 3.64. The third kappa shape index (κ3) is 2.81. The van der Waals surface area contributed by atoms with Crippen LogP contribution in [0, 0.1) is 11.6 Å². The highest BCUT2D eigenvalue weighted by Gasteiger charge is 2.32. The van der Waals surface area contributed by atoms with Gasteiger partial charge in [0.1, 0.15) is 11.6 Å². The van der Waals surface area contributed by atoms with Crippen LogP contribution in [0.25, 0.3) is 0 Å². The molecule has 0 bridgehead atoms. The third-order valence-electron chi connectivity index (χ3n) is 3.51. The van der Waals surface area contributed by atoms with E-state index >= 15 is 0 Å². The molecule has 3 rings (SSSR count). The Kier molecular flexibility index (Phi) is 3.71. The fraction of sp³-hybridized carbons (Fsp3) is 0.200. The zero-order valence-electron chi connectivity index (χ0n) is 10.9. The first-order valence-corrected chi connectivity index (χ1v) is 7.21. The number of nitrogens with zero attached hydrogens (tertiary/aromatic N) is 2. The molecule has 1 fully saturated rings. The Balaban J connectivity index is 1.84. The van der Waals surface area contributed by atoms with Crippen LogP contribution in [0.1, 0.15) is 18.0 Å². The molecular formula is C15H11BrF2N2O. The number of hydrogen-bond donors (Lipinski definition) is 0. The Labute approximate surface area is 128 Å². The molecule has 1 aromatic heterocycles. The Morgan fingerprint density at radius 2 is 2.05 bits per heavy atom. The fourth-order valence-electron chi connectivity index (χ4n) is 2.44. The van der Waals surface area contributed by atoms with Crippen LogP contribution in [0.4, 0.5) is 14.5 Å². The second-order valence-electron chi connectivity index (χ2n) is 4.91. The molecule has 0 spiro atoms. The largest absolute Gasteiger partial charge is 0.312 e. The molecule has 3 nitrogen and oxygen atoms in total. The molecule has 1 atom stereocenters. The summed E-state index contributed by atoms with van der Waals surface area (Å²) in [5.41, 5.74) is 1.19. The first kappa shape index (κ1) is 14.1. The maximum absolute atomic E-state index is 13.6. The molecule has 21 heavy (non-hydrogen) atoms. The highest BCUT2D eigenvalue weighted by molar-refractivity contribution is 9.10. The highest BCUT2D eigenvalue weighted by atomic mass is 79.9. The molecule has 108 valence electrons. The Hall–Kier alpha value is -1.82. The lowest BCUT2D eigenvalue weighted by Gasteiger charge is -2.17. The number of hydrogen-bond acceptors (Lipinski definition) is 2. The van der Waals surface area contributed by atoms with Crippen molar-refractivity contribution in [1.29, 1.82) is 0 Å². The van der Waals surface area contributed by atoms with Gasteiger partial charge < -0.3 is 4.90 Å². The lowest BCUT2D eigenvalue weighted by Crippen LogP contribution is -2.24. The quantitative estimate of drug-likeness (QED) is 0.826. The summed E-state index contributed by atoms with van der Waals surface area (Å²) in [4.78, 5) is 17.7. The van der Waals surface area contributed by atoms with Crippen molar-refractivity contribution in [3.05, 3.63) is 58.3 Å². The second kappa shape index (κ2) is 5.52. The summed E-state index contributed by atoms with van der Waals surface area (Å²) in [6.45, 7) is 0.415. The number of rotatable bonds is 2. The summed E-state index contributed by atoms with van der Waals surface area (Å²) in [5, 5.41) is 0. The summed E-state index contributed by atoms with van der Waals surface area (Å²) >= 11 is 3.08. The van der Waals surface area contributed by atoms with E-state index in [-0.39, 0.29) is 18.2 Å². The SMILES string of the molecule is O=C1CC(c2ccc(F)cn2)CN1c1ccc(Br)c(F)c1. The molecular weight excluding hydrogens is 342 g/mol. The van der Waals surface area contributed by atoms with Gasteiger partial charge in [0.05, 0.1) is 10.7 Å². The van der Waals surface area contributed by atoms with E-state index in [1.165, 1.54) is 17.0 Å². The van der Waals surface area contributed by atoms with E-state index in [1.54, 1.807) is 18.2 Å². The first-order chi connectivity index (χ1) is 10.0. The van der Waals surface area contributed by atoms with Crippen LogP contribution in [0.3, 0.4) is 0 Å². The van der Waals surface area contributed by atoms with Crippen LogP contribution in [0.2, 0.25) is 0 Å². The highest BCUT2D eigenvalue weighted by Crippen LogP contribution is 2.32. The van der Waals surface area contributed by atoms with Crippen LogP contribution in [0.15, 0.2) is 41.0 Å². The Morgan fingerprint density at radius 1 is 1.24 bits per heavy atom. The molecule has 1 unspecified atom stereocenters. The third-order valence-corrected chi connectivity index (χ3v) is 4.15. The van der Waals surface area contributed by atoms with Crippen LogP contribution < -0.4 is 4.90 Å². The van der Waals surface area contributed by atoms with Crippen molar-refractivity contribution >= 4 is 27.5 Å². The number of aromatic nitrogens is 1. The maximum Gasteiger partial charge on any atom is 0.227 e. The smallest absolute Gasteiger partial charge is 0.227 e. The van der Waals surface area contributed by atoms with Gasteiger partial charge in [0.15, 0.2) is 0 Å². The number of anilines is 1. The summed E-state index contributed by atoms with van der Waals surface area (Å²) < 4.78 is 26.8. The van der Waals surface area contributed by atoms with Gasteiger partial charge in [-0.3, -0.25) is 9.78 Å². The predicted molar refractivity (Wildman–Crippen MR) is 78.0 cm³/mol. The van der Waals surface area contributed by atoms with Gasteiger partial charge in [0.25, 0.3) is 0 Å². The van der Waals surface area contributed by atoms with Gasteiger partial charge in [-0.25, -0.2) is 8.78 Å². The Bertz CT molecular complexity index is 691. The summed E-state index contributed by atoms with van der Waals surface area (Å²) in [6, 6.07) is 7.49. The Morgan fingerprint density at radius 3 is 2.71 bits per heavy atom. The van der Waals surface area contributed by atoms with Crippen molar-refractivity contribution in [3.8, 4) is 0 Å². The average molecular weight is 353 g/mol. The van der Waals surface area contributed by atoms with E-state index in [0.717, 1.165) is 6.20 Å². The molecule has 1 aliphatic rings. The number of carbonyl (C=O) groups is 1. The minimum Gasteiger partial charge on any atom is -0.312 e. The molecule has 1 saturated heterocycles. The number of halogens is 3. The van der Waals surface area contributed by atoms with Crippen molar-refractivity contribution < 1.29 is 13.6 Å². The zero-order chi connectivity index (χ0) is 15.0. The monoisotopic (exact) mass is 352 g/mol. The van der Waals surface area contributed by atoms with Gasteiger partial charge >= 0.3 is 0 Å². The van der Waals surface area contributed by atoms with Crippen LogP contribution in [-0.4, -0.2) is 17.4 Å². The number of benzene rings is 1. The number of amides is 1. The molecule has 0 saturated carbocycles. The fourth-order valence-corrected chi connectivity index (χ4v) is 2.68. The van der Waals surface area contributed by atoms with Crippen LogP contribution >= 0.6 is 15.9 Å². The van der Waals surface area contributed by atoms with E-state index < -0.39 is 11.6 Å². The molecule has 1 amide bonds. The lowest BCUT2D eigenvalue weighted by molar-refractivity contribution is -0.117. The molecule has 0 N–H and O–H groups in total. The standard InChI is InChI=1S/C15H11BrF2N2O/c16-12-3-2-11(6-13(12)18)20-8-9(5-15(20)21)14-4-1-10(17)7-19-14/h1-4,6-7,9H,5,8H2. The maximum atomic E-state index is 13.6. The van der Waals surface area contributed by atoms with Crippen molar-refractivity contribution in [2.45, 2.75) is 12.3 Å². The van der Waals surface area contributed by atoms with E-state index in [2.05, 4.69) is 20.9 Å². The van der Waals surface area contributed by atoms with Gasteiger partial charge in [-0.1, -0.05) is 0 Å². The molecule has 1 aromatic carbocycles. The van der Waals surface area contributed by atoms with E-state index in [4.69, 9.17) is 0 Å². The van der Waals surface area contributed by atoms with Gasteiger partial charge in [-0.15, -0.1) is 0 Å². The molecule has 6 heteroatoms. The topological polar surface area (TPSA) is 33.2 Å². The van der Waals surface area contributed by atoms with Crippen molar-refractivity contribution in [2.75, 3.05) is 11.4 Å². The molecule has 0 radical (unpaired) electrons. The van der Waals surface area contributed by atoms with Gasteiger partial charge in [0.2, 0.25) is 5.91 Å². The normalized spacial score (nSPS) is 18.3. The van der Waals surface area contributed by atoms with Crippen molar-refractivity contribution in [1.82, 2.24) is 4.98 Å². The van der Waals surface area contributed by atoms with Crippen molar-refractivity contribution in [3.63, 3.8) is 0 Å². The van der Waals surface area contributed by atoms with E-state index in [0.29, 0.717) is 22.4 Å². The van der Waals surface area contributed by atoms with E-state index in [1.807, 2.05) is 0 Å². The minimum absolute atomic E-state index is 0.0900. The second-order valence-corrected chi connectivity index (χ2v) is 5.76. The van der Waals surface area contributed by atoms with Gasteiger partial charge in [-0.2, -0.15) is 0 Å². The number of carbonyl (C=O) groups excluding carboxylic acids is 1.